The SMILES string of the molecule is Cc1ccc(N)c(O)c1[C@H](N)CCO. The topological polar surface area (TPSA) is 92.5 Å². The monoisotopic (exact) mass is 196 g/mol. The highest BCUT2D eigenvalue weighted by molar-refractivity contribution is 5.59. The van der Waals surface area contributed by atoms with Crippen LogP contribution >= 0.6 is 0 Å². The summed E-state index contributed by atoms with van der Waals surface area (Å²) in [6.45, 7) is 1.85. The van der Waals surface area contributed by atoms with Gasteiger partial charge in [0.2, 0.25) is 0 Å². The Morgan fingerprint density at radius 3 is 2.64 bits per heavy atom. The lowest BCUT2D eigenvalue weighted by atomic mass is 9.98. The minimum Gasteiger partial charge on any atom is -0.505 e. The van der Waals surface area contributed by atoms with Gasteiger partial charge in [-0.15, -0.1) is 0 Å². The normalized spacial score (nSPS) is 12.8. The molecule has 0 saturated carbocycles. The number of aliphatic hydroxyl groups excluding tert-OH is 1. The second-order valence-corrected chi connectivity index (χ2v) is 3.35. The van der Waals surface area contributed by atoms with Crippen LogP contribution in [0.5, 0.6) is 5.75 Å². The van der Waals surface area contributed by atoms with Crippen molar-refractivity contribution in [1.82, 2.24) is 0 Å². The third kappa shape index (κ3) is 1.97. The van der Waals surface area contributed by atoms with E-state index in [1.54, 1.807) is 6.07 Å². The minimum atomic E-state index is -0.372. The van der Waals surface area contributed by atoms with Crippen molar-refractivity contribution in [1.29, 1.82) is 0 Å². The fourth-order valence-electron chi connectivity index (χ4n) is 1.48. The molecular formula is C10H16N2O2. The van der Waals surface area contributed by atoms with Crippen LogP contribution in [-0.2, 0) is 0 Å². The second kappa shape index (κ2) is 4.30. The molecule has 0 radical (unpaired) electrons. The highest BCUT2D eigenvalue weighted by Crippen LogP contribution is 2.32. The van der Waals surface area contributed by atoms with E-state index in [0.717, 1.165) is 5.56 Å². The number of aliphatic hydroxyl groups is 1. The van der Waals surface area contributed by atoms with E-state index < -0.39 is 0 Å². The number of aromatic hydroxyl groups is 1. The van der Waals surface area contributed by atoms with Crippen molar-refractivity contribution in [3.8, 4) is 5.75 Å². The van der Waals surface area contributed by atoms with Crippen LogP contribution < -0.4 is 11.5 Å². The zero-order chi connectivity index (χ0) is 10.7. The van der Waals surface area contributed by atoms with Crippen molar-refractivity contribution in [3.63, 3.8) is 0 Å². The summed E-state index contributed by atoms with van der Waals surface area (Å²) in [5.74, 6) is 0.0333. The molecule has 4 heteroatoms. The molecule has 0 unspecified atom stereocenters. The number of hydrogen-bond donors (Lipinski definition) is 4. The smallest absolute Gasteiger partial charge is 0.143 e. The molecule has 6 N–H and O–H groups in total. The third-order valence-corrected chi connectivity index (χ3v) is 2.28. The van der Waals surface area contributed by atoms with Gasteiger partial charge in [-0.05, 0) is 25.0 Å². The van der Waals surface area contributed by atoms with Crippen molar-refractivity contribution in [2.75, 3.05) is 12.3 Å². The summed E-state index contributed by atoms with van der Waals surface area (Å²) in [5.41, 5.74) is 13.2. The predicted octanol–water partition coefficient (Wildman–Crippen LogP) is 0.665. The first-order valence-corrected chi connectivity index (χ1v) is 4.52. The Morgan fingerprint density at radius 2 is 2.07 bits per heavy atom. The van der Waals surface area contributed by atoms with E-state index in [9.17, 15) is 5.11 Å². The number of aryl methyl sites for hydroxylation is 1. The van der Waals surface area contributed by atoms with E-state index in [4.69, 9.17) is 16.6 Å². The van der Waals surface area contributed by atoms with Gasteiger partial charge in [0.25, 0.3) is 0 Å². The van der Waals surface area contributed by atoms with Gasteiger partial charge in [0.05, 0.1) is 5.69 Å². The molecule has 1 aromatic rings. The standard InChI is InChI=1S/C10H16N2O2/c1-6-2-3-8(12)10(14)9(6)7(11)4-5-13/h2-3,7,13-14H,4-5,11-12H2,1H3/t7-/m1/s1. The lowest BCUT2D eigenvalue weighted by Gasteiger charge is -2.16. The van der Waals surface area contributed by atoms with E-state index in [-0.39, 0.29) is 18.4 Å². The number of nitrogens with two attached hydrogens (primary N) is 2. The molecular weight excluding hydrogens is 180 g/mol. The average molecular weight is 196 g/mol. The van der Waals surface area contributed by atoms with Crippen LogP contribution in [0.2, 0.25) is 0 Å². The van der Waals surface area contributed by atoms with Crippen molar-refractivity contribution in [2.45, 2.75) is 19.4 Å². The quantitative estimate of drug-likeness (QED) is 0.422. The summed E-state index contributed by atoms with van der Waals surface area (Å²) in [4.78, 5) is 0. The number of nitrogen functional groups attached to an aromatic ring is 1. The molecule has 0 aromatic heterocycles. The van der Waals surface area contributed by atoms with Gasteiger partial charge in [-0.2, -0.15) is 0 Å². The van der Waals surface area contributed by atoms with Gasteiger partial charge < -0.3 is 21.7 Å². The van der Waals surface area contributed by atoms with Crippen molar-refractivity contribution in [2.24, 2.45) is 5.73 Å². The van der Waals surface area contributed by atoms with E-state index in [1.807, 2.05) is 13.0 Å². The largest absolute Gasteiger partial charge is 0.505 e. The zero-order valence-corrected chi connectivity index (χ0v) is 8.20. The van der Waals surface area contributed by atoms with Gasteiger partial charge in [0.1, 0.15) is 5.75 Å². The molecule has 0 spiro atoms. The number of phenols is 1. The Labute approximate surface area is 83.2 Å². The highest BCUT2D eigenvalue weighted by atomic mass is 16.3. The number of phenolic OH excluding ortho intramolecular Hbond substituents is 1. The molecule has 1 aromatic carbocycles. The van der Waals surface area contributed by atoms with Gasteiger partial charge in [0.15, 0.2) is 0 Å². The predicted molar refractivity (Wildman–Crippen MR) is 55.9 cm³/mol. The van der Waals surface area contributed by atoms with Crippen LogP contribution in [0.4, 0.5) is 5.69 Å². The van der Waals surface area contributed by atoms with E-state index >= 15 is 0 Å². The van der Waals surface area contributed by atoms with Crippen LogP contribution in [0.15, 0.2) is 12.1 Å². The minimum absolute atomic E-state index is 0.00511. The first-order valence-electron chi connectivity index (χ1n) is 4.52. The van der Waals surface area contributed by atoms with E-state index in [2.05, 4.69) is 0 Å². The molecule has 1 rings (SSSR count). The Balaban J connectivity index is 3.11. The average Bonchev–Trinajstić information content (AvgIpc) is 2.13. The van der Waals surface area contributed by atoms with Crippen molar-refractivity contribution < 1.29 is 10.2 Å². The molecule has 0 amide bonds. The Kier molecular flexibility index (Phi) is 3.33. The number of hydrogen-bond acceptors (Lipinski definition) is 4. The van der Waals surface area contributed by atoms with Gasteiger partial charge in [-0.25, -0.2) is 0 Å². The molecule has 0 bridgehead atoms. The van der Waals surface area contributed by atoms with Crippen LogP contribution in [0.1, 0.15) is 23.6 Å². The number of anilines is 1. The van der Waals surface area contributed by atoms with Crippen molar-refractivity contribution in [3.05, 3.63) is 23.3 Å². The summed E-state index contributed by atoms with van der Waals surface area (Å²) in [7, 11) is 0. The molecule has 78 valence electrons. The summed E-state index contributed by atoms with van der Waals surface area (Å²) < 4.78 is 0. The number of benzene rings is 1. The Bertz CT molecular complexity index is 326. The summed E-state index contributed by atoms with van der Waals surface area (Å²) in [5, 5.41) is 18.4. The maximum Gasteiger partial charge on any atom is 0.143 e. The molecule has 0 saturated heterocycles. The molecule has 0 heterocycles. The van der Waals surface area contributed by atoms with Crippen LogP contribution in [0.3, 0.4) is 0 Å². The van der Waals surface area contributed by atoms with Crippen molar-refractivity contribution >= 4 is 5.69 Å². The summed E-state index contributed by atoms with van der Waals surface area (Å²) >= 11 is 0. The second-order valence-electron chi connectivity index (χ2n) is 3.35. The molecule has 0 aliphatic carbocycles. The zero-order valence-electron chi connectivity index (χ0n) is 8.20. The number of rotatable bonds is 3. The highest BCUT2D eigenvalue weighted by Gasteiger charge is 2.15. The first-order chi connectivity index (χ1) is 6.57. The lowest BCUT2D eigenvalue weighted by molar-refractivity contribution is 0.275. The summed E-state index contributed by atoms with van der Waals surface area (Å²) in [6.07, 6.45) is 0.415. The van der Waals surface area contributed by atoms with E-state index in [1.165, 1.54) is 0 Å². The maximum absolute atomic E-state index is 9.69. The Morgan fingerprint density at radius 1 is 1.43 bits per heavy atom. The molecule has 0 aliphatic heterocycles. The molecule has 1 atom stereocenters. The third-order valence-electron chi connectivity index (χ3n) is 2.28. The molecule has 14 heavy (non-hydrogen) atoms. The molecule has 0 fully saturated rings. The van der Waals surface area contributed by atoms with Crippen LogP contribution in [-0.4, -0.2) is 16.8 Å². The van der Waals surface area contributed by atoms with Gasteiger partial charge in [0, 0.05) is 18.2 Å². The van der Waals surface area contributed by atoms with Crippen LogP contribution in [0.25, 0.3) is 0 Å². The Hall–Kier alpha value is -1.26. The molecule has 4 nitrogen and oxygen atoms in total. The van der Waals surface area contributed by atoms with Gasteiger partial charge >= 0.3 is 0 Å². The van der Waals surface area contributed by atoms with Crippen LogP contribution in [0, 0.1) is 6.92 Å². The first kappa shape index (κ1) is 10.8. The lowest BCUT2D eigenvalue weighted by Crippen LogP contribution is -2.14. The van der Waals surface area contributed by atoms with Gasteiger partial charge in [-0.3, -0.25) is 0 Å². The van der Waals surface area contributed by atoms with Gasteiger partial charge in [-0.1, -0.05) is 6.07 Å². The fraction of sp³-hybridized carbons (Fsp3) is 0.400. The summed E-state index contributed by atoms with van der Waals surface area (Å²) in [6, 6.07) is 3.07. The maximum atomic E-state index is 9.69. The molecule has 0 aliphatic rings. The van der Waals surface area contributed by atoms with E-state index in [0.29, 0.717) is 17.7 Å². The fourth-order valence-corrected chi connectivity index (χ4v) is 1.48.